The van der Waals surface area contributed by atoms with Crippen molar-refractivity contribution in [1.29, 1.82) is 0 Å². The normalized spacial score (nSPS) is 10.4. The molecule has 2 rings (SSSR count). The fourth-order valence-electron chi connectivity index (χ4n) is 1.73. The van der Waals surface area contributed by atoms with Crippen molar-refractivity contribution >= 4 is 29.0 Å². The maximum atomic E-state index is 6.23. The first-order valence-electron chi connectivity index (χ1n) is 6.26. The van der Waals surface area contributed by atoms with Gasteiger partial charge >= 0.3 is 0 Å². The fraction of sp³-hybridized carbons (Fsp3) is 0.286. The van der Waals surface area contributed by atoms with Crippen molar-refractivity contribution in [1.82, 2.24) is 9.97 Å². The Kier molecular flexibility index (Phi) is 5.04. The van der Waals surface area contributed by atoms with Crippen LogP contribution in [0.25, 0.3) is 11.4 Å². The summed E-state index contributed by atoms with van der Waals surface area (Å²) < 4.78 is 5.29. The Bertz CT molecular complexity index is 605. The van der Waals surface area contributed by atoms with E-state index in [4.69, 9.17) is 27.9 Å². The van der Waals surface area contributed by atoms with Crippen LogP contribution in [-0.2, 0) is 0 Å². The predicted octanol–water partition coefficient (Wildman–Crippen LogP) is 4.28. The van der Waals surface area contributed by atoms with Crippen molar-refractivity contribution in [2.24, 2.45) is 0 Å². The van der Waals surface area contributed by atoms with Gasteiger partial charge in [0.2, 0.25) is 0 Å². The Labute approximate surface area is 128 Å². The molecule has 0 unspecified atom stereocenters. The van der Waals surface area contributed by atoms with Gasteiger partial charge in [-0.1, -0.05) is 30.1 Å². The van der Waals surface area contributed by atoms with Gasteiger partial charge in [-0.05, 0) is 24.6 Å². The zero-order chi connectivity index (χ0) is 14.5. The van der Waals surface area contributed by atoms with E-state index in [1.165, 1.54) is 0 Å². The lowest BCUT2D eigenvalue weighted by Crippen LogP contribution is -2.04. The van der Waals surface area contributed by atoms with Crippen LogP contribution in [-0.4, -0.2) is 23.6 Å². The summed E-state index contributed by atoms with van der Waals surface area (Å²) in [5.74, 6) is 1.21. The Morgan fingerprint density at radius 3 is 2.75 bits per heavy atom. The molecule has 0 aliphatic heterocycles. The summed E-state index contributed by atoms with van der Waals surface area (Å²) in [6.45, 7) is 2.85. The molecule has 2 heterocycles. The van der Waals surface area contributed by atoms with Crippen LogP contribution in [0.2, 0.25) is 10.0 Å². The van der Waals surface area contributed by atoms with Crippen LogP contribution < -0.4 is 10.1 Å². The third-order valence-corrected chi connectivity index (χ3v) is 3.26. The third kappa shape index (κ3) is 3.14. The van der Waals surface area contributed by atoms with Gasteiger partial charge in [0, 0.05) is 12.7 Å². The standard InChI is InChI=1S/C14H15Cl2N3O/c1-3-6-18-14-10(16)8-9(15)12(19-14)13-11(20-2)5-4-7-17-13/h4-5,7-8H,3,6H2,1-2H3,(H,18,19). The van der Waals surface area contributed by atoms with E-state index in [2.05, 4.69) is 22.2 Å². The number of pyridine rings is 2. The van der Waals surface area contributed by atoms with E-state index in [0.29, 0.717) is 33.0 Å². The lowest BCUT2D eigenvalue weighted by atomic mass is 10.2. The molecule has 2 aromatic heterocycles. The summed E-state index contributed by atoms with van der Waals surface area (Å²) >= 11 is 12.4. The fourth-order valence-corrected chi connectivity index (χ4v) is 2.25. The molecular weight excluding hydrogens is 297 g/mol. The van der Waals surface area contributed by atoms with Gasteiger partial charge in [0.15, 0.2) is 0 Å². The molecule has 4 nitrogen and oxygen atoms in total. The van der Waals surface area contributed by atoms with E-state index in [0.717, 1.165) is 13.0 Å². The minimum atomic E-state index is 0.439. The molecule has 1 N–H and O–H groups in total. The van der Waals surface area contributed by atoms with Gasteiger partial charge in [-0.2, -0.15) is 0 Å². The van der Waals surface area contributed by atoms with E-state index in [1.807, 2.05) is 6.07 Å². The van der Waals surface area contributed by atoms with E-state index in [9.17, 15) is 0 Å². The number of rotatable bonds is 5. The number of hydrogen-bond acceptors (Lipinski definition) is 4. The summed E-state index contributed by atoms with van der Waals surface area (Å²) in [4.78, 5) is 8.76. The molecule has 0 saturated carbocycles. The molecule has 0 spiro atoms. The maximum Gasteiger partial charge on any atom is 0.146 e. The van der Waals surface area contributed by atoms with Crippen molar-refractivity contribution < 1.29 is 4.74 Å². The van der Waals surface area contributed by atoms with Gasteiger partial charge in [0.05, 0.1) is 17.2 Å². The van der Waals surface area contributed by atoms with E-state index < -0.39 is 0 Å². The molecule has 0 aliphatic rings. The Balaban J connectivity index is 2.50. The van der Waals surface area contributed by atoms with Gasteiger partial charge < -0.3 is 10.1 Å². The molecule has 0 bridgehead atoms. The van der Waals surface area contributed by atoms with Crippen molar-refractivity contribution in [2.45, 2.75) is 13.3 Å². The average molecular weight is 312 g/mol. The Hall–Kier alpha value is -1.52. The molecule has 0 fully saturated rings. The number of nitrogens with zero attached hydrogens (tertiary/aromatic N) is 2. The van der Waals surface area contributed by atoms with Gasteiger partial charge in [-0.15, -0.1) is 0 Å². The zero-order valence-electron chi connectivity index (χ0n) is 11.3. The van der Waals surface area contributed by atoms with Crippen LogP contribution in [0.4, 0.5) is 5.82 Å². The predicted molar refractivity (Wildman–Crippen MR) is 82.8 cm³/mol. The van der Waals surface area contributed by atoms with Crippen LogP contribution >= 0.6 is 23.2 Å². The van der Waals surface area contributed by atoms with Gasteiger partial charge in [-0.3, -0.25) is 4.98 Å². The maximum absolute atomic E-state index is 6.23. The molecule has 0 saturated heterocycles. The van der Waals surface area contributed by atoms with Crippen molar-refractivity contribution in [3.63, 3.8) is 0 Å². The summed E-state index contributed by atoms with van der Waals surface area (Å²) in [5.41, 5.74) is 1.14. The van der Waals surface area contributed by atoms with E-state index in [-0.39, 0.29) is 0 Å². The van der Waals surface area contributed by atoms with Crippen molar-refractivity contribution in [3.05, 3.63) is 34.4 Å². The number of nitrogens with one attached hydrogen (secondary N) is 1. The molecule has 2 aromatic rings. The quantitative estimate of drug-likeness (QED) is 0.895. The minimum absolute atomic E-state index is 0.439. The van der Waals surface area contributed by atoms with E-state index in [1.54, 1.807) is 25.4 Å². The number of ether oxygens (including phenoxy) is 1. The molecular formula is C14H15Cl2N3O. The number of aromatic nitrogens is 2. The van der Waals surface area contributed by atoms with Crippen molar-refractivity contribution in [2.75, 3.05) is 19.0 Å². The highest BCUT2D eigenvalue weighted by atomic mass is 35.5. The van der Waals surface area contributed by atoms with Crippen LogP contribution in [0.15, 0.2) is 24.4 Å². The highest BCUT2D eigenvalue weighted by Gasteiger charge is 2.15. The molecule has 0 amide bonds. The summed E-state index contributed by atoms with van der Waals surface area (Å²) in [6.07, 6.45) is 2.65. The first-order valence-corrected chi connectivity index (χ1v) is 7.02. The number of halogens is 2. The SMILES string of the molecule is CCCNc1nc(-c2ncccc2OC)c(Cl)cc1Cl. The summed E-state index contributed by atoms with van der Waals surface area (Å²) in [7, 11) is 1.58. The lowest BCUT2D eigenvalue weighted by molar-refractivity contribution is 0.414. The third-order valence-electron chi connectivity index (χ3n) is 2.69. The van der Waals surface area contributed by atoms with Crippen LogP contribution in [0.3, 0.4) is 0 Å². The monoisotopic (exact) mass is 311 g/mol. The van der Waals surface area contributed by atoms with Gasteiger partial charge in [-0.25, -0.2) is 4.98 Å². The highest BCUT2D eigenvalue weighted by Crippen LogP contribution is 2.35. The van der Waals surface area contributed by atoms with Crippen LogP contribution in [0, 0.1) is 0 Å². The molecule has 20 heavy (non-hydrogen) atoms. The second-order valence-electron chi connectivity index (χ2n) is 4.13. The molecule has 0 radical (unpaired) electrons. The molecule has 0 aliphatic carbocycles. The van der Waals surface area contributed by atoms with Crippen LogP contribution in [0.1, 0.15) is 13.3 Å². The number of methoxy groups -OCH3 is 1. The molecule has 6 heteroatoms. The summed E-state index contributed by atoms with van der Waals surface area (Å²) in [5, 5.41) is 4.09. The smallest absolute Gasteiger partial charge is 0.146 e. The second-order valence-corrected chi connectivity index (χ2v) is 4.94. The number of hydrogen-bond donors (Lipinski definition) is 1. The topological polar surface area (TPSA) is 47.0 Å². The van der Waals surface area contributed by atoms with Gasteiger partial charge in [0.25, 0.3) is 0 Å². The Morgan fingerprint density at radius 2 is 2.05 bits per heavy atom. The zero-order valence-corrected chi connectivity index (χ0v) is 12.8. The largest absolute Gasteiger partial charge is 0.494 e. The van der Waals surface area contributed by atoms with E-state index >= 15 is 0 Å². The van der Waals surface area contributed by atoms with Gasteiger partial charge in [0.1, 0.15) is 23.0 Å². The molecule has 0 aromatic carbocycles. The Morgan fingerprint density at radius 1 is 1.25 bits per heavy atom. The first kappa shape index (κ1) is 14.9. The molecule has 106 valence electrons. The summed E-state index contributed by atoms with van der Waals surface area (Å²) in [6, 6.07) is 5.27. The second kappa shape index (κ2) is 6.77. The minimum Gasteiger partial charge on any atom is -0.494 e. The number of anilines is 1. The van der Waals surface area contributed by atoms with Crippen molar-refractivity contribution in [3.8, 4) is 17.1 Å². The first-order chi connectivity index (χ1) is 9.67. The van der Waals surface area contributed by atoms with Crippen LogP contribution in [0.5, 0.6) is 5.75 Å². The highest BCUT2D eigenvalue weighted by molar-refractivity contribution is 6.37. The lowest BCUT2D eigenvalue weighted by Gasteiger charge is -2.12. The average Bonchev–Trinajstić information content (AvgIpc) is 2.46. The molecule has 0 atom stereocenters.